The Kier molecular flexibility index (Phi) is 7.51. The molecule has 20 heavy (non-hydrogen) atoms. The minimum Gasteiger partial charge on any atom is -0.466 e. The van der Waals surface area contributed by atoms with Crippen molar-refractivity contribution in [1.29, 1.82) is 0 Å². The minimum atomic E-state index is -0.222. The molecule has 1 aliphatic carbocycles. The first-order valence-electron chi connectivity index (χ1n) is 6.43. The second-order valence-electron chi connectivity index (χ2n) is 4.31. The van der Waals surface area contributed by atoms with Crippen molar-refractivity contribution in [2.24, 2.45) is 0 Å². The molecule has 0 aromatic heterocycles. The third-order valence-electron chi connectivity index (χ3n) is 2.96. The van der Waals surface area contributed by atoms with E-state index in [2.05, 4.69) is 27.3 Å². The average molecular weight is 342 g/mol. The molecule has 0 radical (unpaired) electrons. The van der Waals surface area contributed by atoms with Crippen molar-refractivity contribution in [3.8, 4) is 0 Å². The van der Waals surface area contributed by atoms with E-state index < -0.39 is 0 Å². The van der Waals surface area contributed by atoms with Crippen molar-refractivity contribution < 1.29 is 14.6 Å². The van der Waals surface area contributed by atoms with Gasteiger partial charge < -0.3 is 15.2 Å². The second-order valence-corrected chi connectivity index (χ2v) is 5.16. The fraction of sp³-hybridized carbons (Fsp3) is 0.400. The van der Waals surface area contributed by atoms with Crippen LogP contribution in [0.1, 0.15) is 11.1 Å². The SMILES string of the molecule is CNCCO.COC(=O)C1=CCc2c(Br)cccc2C1. The van der Waals surface area contributed by atoms with Crippen molar-refractivity contribution in [3.05, 3.63) is 45.4 Å². The average Bonchev–Trinajstić information content (AvgIpc) is 2.48. The third kappa shape index (κ3) is 4.74. The van der Waals surface area contributed by atoms with Crippen molar-refractivity contribution in [1.82, 2.24) is 5.32 Å². The van der Waals surface area contributed by atoms with Crippen LogP contribution in [-0.2, 0) is 22.4 Å². The summed E-state index contributed by atoms with van der Waals surface area (Å²) in [4.78, 5) is 11.4. The summed E-state index contributed by atoms with van der Waals surface area (Å²) >= 11 is 3.51. The molecule has 1 aromatic rings. The molecule has 0 atom stereocenters. The second kappa shape index (κ2) is 8.89. The highest BCUT2D eigenvalue weighted by Gasteiger charge is 2.18. The summed E-state index contributed by atoms with van der Waals surface area (Å²) in [5, 5.41) is 10.8. The fourth-order valence-corrected chi connectivity index (χ4v) is 2.47. The Balaban J connectivity index is 0.000000347. The molecule has 0 unspecified atom stereocenters. The Morgan fingerprint density at radius 3 is 2.80 bits per heavy atom. The van der Waals surface area contributed by atoms with Gasteiger partial charge in [0.25, 0.3) is 0 Å². The first kappa shape index (κ1) is 16.9. The lowest BCUT2D eigenvalue weighted by molar-refractivity contribution is -0.136. The zero-order valence-electron chi connectivity index (χ0n) is 11.8. The zero-order chi connectivity index (χ0) is 15.0. The molecule has 1 aromatic carbocycles. The van der Waals surface area contributed by atoms with Crippen LogP contribution in [0.15, 0.2) is 34.3 Å². The van der Waals surface area contributed by atoms with E-state index in [1.165, 1.54) is 18.2 Å². The van der Waals surface area contributed by atoms with E-state index in [-0.39, 0.29) is 12.6 Å². The quantitative estimate of drug-likeness (QED) is 0.823. The highest BCUT2D eigenvalue weighted by atomic mass is 79.9. The molecule has 110 valence electrons. The van der Waals surface area contributed by atoms with Crippen molar-refractivity contribution in [2.75, 3.05) is 27.3 Å². The molecule has 0 amide bonds. The third-order valence-corrected chi connectivity index (χ3v) is 3.70. The molecule has 0 heterocycles. The number of carbonyl (C=O) groups is 1. The summed E-state index contributed by atoms with van der Waals surface area (Å²) in [7, 11) is 3.22. The fourth-order valence-electron chi connectivity index (χ4n) is 1.90. The zero-order valence-corrected chi connectivity index (χ0v) is 13.4. The molecule has 0 spiro atoms. The number of aliphatic hydroxyl groups excluding tert-OH is 1. The molecule has 0 aliphatic heterocycles. The van der Waals surface area contributed by atoms with E-state index in [0.29, 0.717) is 13.0 Å². The van der Waals surface area contributed by atoms with Crippen LogP contribution in [0.4, 0.5) is 0 Å². The molecule has 0 bridgehead atoms. The standard InChI is InChI=1S/C12H11BrO2.C3H9NO/c1-15-12(14)9-5-6-10-8(7-9)3-2-4-11(10)13;1-4-2-3-5/h2-5H,6-7H2,1H3;4-5H,2-3H2,1H3. The minimum absolute atomic E-state index is 0.222. The Labute approximate surface area is 128 Å². The summed E-state index contributed by atoms with van der Waals surface area (Å²) in [6.45, 7) is 0.927. The number of fused-ring (bicyclic) bond motifs is 1. The van der Waals surface area contributed by atoms with Crippen LogP contribution in [0, 0.1) is 0 Å². The number of hydrogen-bond acceptors (Lipinski definition) is 4. The Bertz CT molecular complexity index is 484. The van der Waals surface area contributed by atoms with Gasteiger partial charge in [0, 0.05) is 23.0 Å². The summed E-state index contributed by atoms with van der Waals surface area (Å²) in [5.41, 5.74) is 3.22. The molecule has 0 fully saturated rings. The molecule has 5 heteroatoms. The van der Waals surface area contributed by atoms with Crippen LogP contribution >= 0.6 is 15.9 Å². The molecular weight excluding hydrogens is 322 g/mol. The number of likely N-dealkylation sites (N-methyl/N-ethyl adjacent to an activating group) is 1. The van der Waals surface area contributed by atoms with Gasteiger partial charge in [0.05, 0.1) is 13.7 Å². The van der Waals surface area contributed by atoms with E-state index in [9.17, 15) is 4.79 Å². The van der Waals surface area contributed by atoms with Crippen LogP contribution in [0.3, 0.4) is 0 Å². The van der Waals surface area contributed by atoms with Gasteiger partial charge in [-0.2, -0.15) is 0 Å². The van der Waals surface area contributed by atoms with E-state index >= 15 is 0 Å². The Hall–Kier alpha value is -1.17. The lowest BCUT2D eigenvalue weighted by Gasteiger charge is -2.16. The number of allylic oxidation sites excluding steroid dienone is 1. The van der Waals surface area contributed by atoms with E-state index in [1.807, 2.05) is 18.2 Å². The summed E-state index contributed by atoms with van der Waals surface area (Å²) in [6, 6.07) is 6.06. The van der Waals surface area contributed by atoms with Crippen molar-refractivity contribution in [3.63, 3.8) is 0 Å². The molecule has 0 saturated carbocycles. The van der Waals surface area contributed by atoms with Gasteiger partial charge in [-0.25, -0.2) is 4.79 Å². The summed E-state index contributed by atoms with van der Waals surface area (Å²) < 4.78 is 5.83. The number of esters is 1. The Morgan fingerprint density at radius 1 is 1.50 bits per heavy atom. The van der Waals surface area contributed by atoms with Gasteiger partial charge in [0.1, 0.15) is 0 Å². The van der Waals surface area contributed by atoms with Gasteiger partial charge in [-0.05, 0) is 30.7 Å². The van der Waals surface area contributed by atoms with Crippen molar-refractivity contribution in [2.45, 2.75) is 12.8 Å². The molecule has 1 aliphatic rings. The van der Waals surface area contributed by atoms with Crippen LogP contribution in [0.25, 0.3) is 0 Å². The van der Waals surface area contributed by atoms with Crippen LogP contribution < -0.4 is 5.32 Å². The maximum atomic E-state index is 11.4. The van der Waals surface area contributed by atoms with E-state index in [0.717, 1.165) is 16.5 Å². The van der Waals surface area contributed by atoms with Gasteiger partial charge in [-0.15, -0.1) is 0 Å². The molecule has 0 saturated heterocycles. The number of nitrogens with one attached hydrogen (secondary N) is 1. The number of halogens is 1. The predicted molar refractivity (Wildman–Crippen MR) is 82.7 cm³/mol. The Morgan fingerprint density at radius 2 is 2.25 bits per heavy atom. The molecule has 4 nitrogen and oxygen atoms in total. The van der Waals surface area contributed by atoms with E-state index in [1.54, 1.807) is 7.05 Å². The molecular formula is C15H20BrNO3. The van der Waals surface area contributed by atoms with Gasteiger partial charge in [-0.3, -0.25) is 0 Å². The normalized spacial score (nSPS) is 12.7. The monoisotopic (exact) mass is 341 g/mol. The highest BCUT2D eigenvalue weighted by molar-refractivity contribution is 9.10. The lowest BCUT2D eigenvalue weighted by atomic mass is 9.92. The first-order chi connectivity index (χ1) is 9.63. The summed E-state index contributed by atoms with van der Waals surface area (Å²) in [6.07, 6.45) is 3.40. The first-order valence-corrected chi connectivity index (χ1v) is 7.22. The molecule has 2 rings (SSSR count). The topological polar surface area (TPSA) is 58.6 Å². The predicted octanol–water partition coefficient (Wildman–Crippen LogP) is 1.85. The number of carbonyl (C=O) groups excluding carboxylic acids is 1. The smallest absolute Gasteiger partial charge is 0.333 e. The van der Waals surface area contributed by atoms with Gasteiger partial charge in [0.2, 0.25) is 0 Å². The van der Waals surface area contributed by atoms with Gasteiger partial charge in [-0.1, -0.05) is 34.1 Å². The van der Waals surface area contributed by atoms with Crippen LogP contribution in [-0.4, -0.2) is 38.4 Å². The summed E-state index contributed by atoms with van der Waals surface area (Å²) in [5.74, 6) is -0.222. The molecule has 2 N–H and O–H groups in total. The number of rotatable bonds is 3. The number of methoxy groups -OCH3 is 1. The number of ether oxygens (including phenoxy) is 1. The number of aliphatic hydroxyl groups is 1. The lowest BCUT2D eigenvalue weighted by Crippen LogP contribution is -2.12. The number of benzene rings is 1. The maximum Gasteiger partial charge on any atom is 0.333 e. The van der Waals surface area contributed by atoms with Crippen LogP contribution in [0.5, 0.6) is 0 Å². The maximum absolute atomic E-state index is 11.4. The van der Waals surface area contributed by atoms with E-state index in [4.69, 9.17) is 9.84 Å². The van der Waals surface area contributed by atoms with Gasteiger partial charge in [0.15, 0.2) is 0 Å². The number of hydrogen-bond donors (Lipinski definition) is 2. The highest BCUT2D eigenvalue weighted by Crippen LogP contribution is 2.27. The van der Waals surface area contributed by atoms with Gasteiger partial charge >= 0.3 is 5.97 Å². The van der Waals surface area contributed by atoms with Crippen molar-refractivity contribution >= 4 is 21.9 Å². The van der Waals surface area contributed by atoms with Crippen LogP contribution in [0.2, 0.25) is 0 Å². The largest absolute Gasteiger partial charge is 0.466 e.